The van der Waals surface area contributed by atoms with Gasteiger partial charge in [0.2, 0.25) is 0 Å². The summed E-state index contributed by atoms with van der Waals surface area (Å²) in [5, 5.41) is 0. The normalized spacial score (nSPS) is 13.9. The molecule has 46 heavy (non-hydrogen) atoms. The lowest BCUT2D eigenvalue weighted by Crippen LogP contribution is -2.52. The second kappa shape index (κ2) is 27.2. The first kappa shape index (κ1) is 44.2. The SMILES string of the molecule is CC/C=C(\C)C(CCCCC)O[Si](OC/C=C(/C)CCC=C(C)C)(OC/C=C(\C)CCC=C(C)C)OC/C=C(\C)CCC=C(C)C. The highest BCUT2D eigenvalue weighted by atomic mass is 28.4. The molecule has 0 aromatic carbocycles. The zero-order chi connectivity index (χ0) is 34.8. The summed E-state index contributed by atoms with van der Waals surface area (Å²) in [5.41, 5.74) is 9.17. The highest BCUT2D eigenvalue weighted by Gasteiger charge is 2.48. The van der Waals surface area contributed by atoms with Crippen molar-refractivity contribution in [1.29, 1.82) is 0 Å². The van der Waals surface area contributed by atoms with Crippen molar-refractivity contribution in [3.05, 3.63) is 81.5 Å². The van der Waals surface area contributed by atoms with Gasteiger partial charge in [0.1, 0.15) is 0 Å². The summed E-state index contributed by atoms with van der Waals surface area (Å²) in [6.45, 7) is 27.2. The molecule has 0 heterocycles. The van der Waals surface area contributed by atoms with Crippen LogP contribution in [0.25, 0.3) is 0 Å². The van der Waals surface area contributed by atoms with Crippen molar-refractivity contribution in [1.82, 2.24) is 0 Å². The van der Waals surface area contributed by atoms with Crippen molar-refractivity contribution >= 4 is 9.05 Å². The van der Waals surface area contributed by atoms with Gasteiger partial charge in [0.05, 0.1) is 25.9 Å². The van der Waals surface area contributed by atoms with Crippen molar-refractivity contribution < 1.29 is 17.7 Å². The fourth-order valence-corrected chi connectivity index (χ4v) is 6.71. The number of hydrogen-bond acceptors (Lipinski definition) is 4. The maximum atomic E-state index is 6.97. The van der Waals surface area contributed by atoms with Gasteiger partial charge in [-0.15, -0.1) is 0 Å². The molecule has 0 aliphatic rings. The first-order chi connectivity index (χ1) is 21.8. The average molecular weight is 657 g/mol. The number of allylic oxidation sites excluding steroid dienone is 10. The Balaban J connectivity index is 6.37. The minimum atomic E-state index is -3.57. The molecule has 1 atom stereocenters. The van der Waals surface area contributed by atoms with E-state index in [-0.39, 0.29) is 6.10 Å². The Morgan fingerprint density at radius 3 is 1.24 bits per heavy atom. The maximum Gasteiger partial charge on any atom is 0.681 e. The molecule has 0 N–H and O–H groups in total. The molecular formula is C41H72O4Si. The molecule has 0 bridgehead atoms. The van der Waals surface area contributed by atoms with Crippen LogP contribution in [-0.4, -0.2) is 35.0 Å². The lowest BCUT2D eigenvalue weighted by Gasteiger charge is -2.32. The molecule has 0 aliphatic heterocycles. The van der Waals surface area contributed by atoms with Crippen LogP contribution in [0, 0.1) is 0 Å². The van der Waals surface area contributed by atoms with Gasteiger partial charge in [-0.25, -0.2) is 0 Å². The first-order valence-corrected chi connectivity index (χ1v) is 19.6. The third-order valence-corrected chi connectivity index (χ3v) is 9.87. The Hall–Kier alpha value is -1.76. The smallest absolute Gasteiger partial charge is 0.347 e. The zero-order valence-electron chi connectivity index (χ0n) is 32.2. The van der Waals surface area contributed by atoms with Crippen molar-refractivity contribution in [2.24, 2.45) is 0 Å². The standard InChI is InChI=1S/C41H72O4Si/c1-13-15-16-27-41(40(12)20-14-2)45-46(42-31-28-37(9)24-17-21-34(3)4,43-32-29-38(10)25-18-22-35(5)6)44-33-30-39(11)26-19-23-36(7)8/h20-23,28-30,41H,13-19,24-27,31-33H2,1-12H3/b37-28-,38-29+,39-30+,40-20+. The van der Waals surface area contributed by atoms with Gasteiger partial charge in [0, 0.05) is 0 Å². The van der Waals surface area contributed by atoms with Crippen molar-refractivity contribution in [3.63, 3.8) is 0 Å². The van der Waals surface area contributed by atoms with E-state index in [1.54, 1.807) is 0 Å². The van der Waals surface area contributed by atoms with E-state index in [2.05, 4.69) is 126 Å². The Bertz CT molecular complexity index is 926. The maximum absolute atomic E-state index is 6.97. The molecule has 4 nitrogen and oxygen atoms in total. The van der Waals surface area contributed by atoms with E-state index in [9.17, 15) is 0 Å². The summed E-state index contributed by atoms with van der Waals surface area (Å²) in [4.78, 5) is 0. The Labute approximate surface area is 287 Å². The molecule has 5 heteroatoms. The molecule has 0 aromatic rings. The molecule has 0 saturated heterocycles. The van der Waals surface area contributed by atoms with Crippen LogP contribution in [0.3, 0.4) is 0 Å². The Morgan fingerprint density at radius 1 is 0.522 bits per heavy atom. The van der Waals surface area contributed by atoms with Gasteiger partial charge in [-0.3, -0.25) is 0 Å². The summed E-state index contributed by atoms with van der Waals surface area (Å²) in [7, 11) is -3.57. The quantitative estimate of drug-likeness (QED) is 0.0527. The van der Waals surface area contributed by atoms with Gasteiger partial charge >= 0.3 is 9.05 Å². The average Bonchev–Trinajstić information content (AvgIpc) is 2.96. The van der Waals surface area contributed by atoms with Crippen LogP contribution in [0.5, 0.6) is 0 Å². The van der Waals surface area contributed by atoms with Crippen LogP contribution < -0.4 is 0 Å². The van der Waals surface area contributed by atoms with Crippen molar-refractivity contribution in [2.45, 2.75) is 160 Å². The van der Waals surface area contributed by atoms with Crippen LogP contribution in [0.2, 0.25) is 0 Å². The minimum absolute atomic E-state index is 0.105. The van der Waals surface area contributed by atoms with Crippen molar-refractivity contribution in [2.75, 3.05) is 19.8 Å². The van der Waals surface area contributed by atoms with E-state index in [0.717, 1.165) is 57.8 Å². The summed E-state index contributed by atoms with van der Waals surface area (Å²) < 4.78 is 26.9. The molecule has 264 valence electrons. The van der Waals surface area contributed by atoms with Gasteiger partial charge in [-0.2, -0.15) is 0 Å². The number of hydrogen-bond donors (Lipinski definition) is 0. The molecule has 0 rings (SSSR count). The molecule has 0 radical (unpaired) electrons. The fraction of sp³-hybridized carbons (Fsp3) is 0.659. The highest BCUT2D eigenvalue weighted by Crippen LogP contribution is 2.24. The van der Waals surface area contributed by atoms with Crippen LogP contribution in [0.1, 0.15) is 154 Å². The van der Waals surface area contributed by atoms with Gasteiger partial charge in [-0.05, 0) is 126 Å². The number of unbranched alkanes of at least 4 members (excludes halogenated alkanes) is 2. The molecule has 0 saturated carbocycles. The third kappa shape index (κ3) is 24.4. The van der Waals surface area contributed by atoms with E-state index >= 15 is 0 Å². The molecular weight excluding hydrogens is 585 g/mol. The first-order valence-electron chi connectivity index (χ1n) is 18.0. The van der Waals surface area contributed by atoms with Crippen LogP contribution in [0.4, 0.5) is 0 Å². The zero-order valence-corrected chi connectivity index (χ0v) is 33.2. The molecule has 0 spiro atoms. The van der Waals surface area contributed by atoms with Gasteiger partial charge in [0.25, 0.3) is 0 Å². The predicted octanol–water partition coefficient (Wildman–Crippen LogP) is 12.9. The molecule has 0 aromatic heterocycles. The molecule has 0 fully saturated rings. The summed E-state index contributed by atoms with van der Waals surface area (Å²) in [6.07, 6.45) is 27.0. The van der Waals surface area contributed by atoms with Crippen LogP contribution in [-0.2, 0) is 17.7 Å². The lowest BCUT2D eigenvalue weighted by atomic mass is 10.0. The molecule has 1 unspecified atom stereocenters. The fourth-order valence-electron chi connectivity index (χ4n) is 4.74. The largest absolute Gasteiger partial charge is 0.681 e. The van der Waals surface area contributed by atoms with Crippen LogP contribution in [0.15, 0.2) is 81.5 Å². The highest BCUT2D eigenvalue weighted by molar-refractivity contribution is 6.53. The summed E-state index contributed by atoms with van der Waals surface area (Å²) >= 11 is 0. The lowest BCUT2D eigenvalue weighted by molar-refractivity contribution is -0.0366. The van der Waals surface area contributed by atoms with E-state index < -0.39 is 9.05 Å². The van der Waals surface area contributed by atoms with E-state index in [0.29, 0.717) is 19.8 Å². The monoisotopic (exact) mass is 657 g/mol. The topological polar surface area (TPSA) is 36.9 Å². The predicted molar refractivity (Wildman–Crippen MR) is 204 cm³/mol. The van der Waals surface area contributed by atoms with Gasteiger partial charge in [-0.1, -0.05) is 109 Å². The van der Waals surface area contributed by atoms with Crippen molar-refractivity contribution in [3.8, 4) is 0 Å². The Morgan fingerprint density at radius 2 is 0.913 bits per heavy atom. The Kier molecular flexibility index (Phi) is 26.2. The van der Waals surface area contributed by atoms with E-state index in [1.165, 1.54) is 51.9 Å². The van der Waals surface area contributed by atoms with Gasteiger partial charge in [0.15, 0.2) is 0 Å². The summed E-state index contributed by atoms with van der Waals surface area (Å²) in [5.74, 6) is 0. The minimum Gasteiger partial charge on any atom is -0.347 e. The number of rotatable bonds is 26. The summed E-state index contributed by atoms with van der Waals surface area (Å²) in [6, 6.07) is 0. The van der Waals surface area contributed by atoms with E-state index in [4.69, 9.17) is 17.7 Å². The second-order valence-electron chi connectivity index (χ2n) is 13.5. The molecule has 0 amide bonds. The third-order valence-electron chi connectivity index (χ3n) is 7.74. The van der Waals surface area contributed by atoms with Gasteiger partial charge < -0.3 is 17.7 Å². The van der Waals surface area contributed by atoms with E-state index in [1.807, 2.05) is 0 Å². The second-order valence-corrected chi connectivity index (χ2v) is 15.6. The van der Waals surface area contributed by atoms with Crippen LogP contribution >= 0.6 is 0 Å². The molecule has 0 aliphatic carbocycles.